The molecule has 0 radical (unpaired) electrons. The number of thioether (sulfide) groups is 1. The van der Waals surface area contributed by atoms with E-state index in [-0.39, 0.29) is 11.9 Å². The van der Waals surface area contributed by atoms with Crippen molar-refractivity contribution in [3.8, 4) is 0 Å². The summed E-state index contributed by atoms with van der Waals surface area (Å²) < 4.78 is 1.00. The Labute approximate surface area is 150 Å². The molecule has 2 aromatic rings. The van der Waals surface area contributed by atoms with Crippen LogP contribution in [0.25, 0.3) is 0 Å². The van der Waals surface area contributed by atoms with E-state index in [4.69, 9.17) is 0 Å². The van der Waals surface area contributed by atoms with Crippen LogP contribution in [0, 0.1) is 6.92 Å². The maximum absolute atomic E-state index is 12.5. The van der Waals surface area contributed by atoms with Gasteiger partial charge in [0.2, 0.25) is 5.91 Å². The molecule has 1 aliphatic rings. The van der Waals surface area contributed by atoms with Gasteiger partial charge in [-0.3, -0.25) is 9.69 Å². The van der Waals surface area contributed by atoms with E-state index in [2.05, 4.69) is 38.6 Å². The number of nitrogens with one attached hydrogen (secondary N) is 1. The van der Waals surface area contributed by atoms with E-state index in [9.17, 15) is 4.79 Å². The van der Waals surface area contributed by atoms with Gasteiger partial charge in [-0.15, -0.1) is 10.2 Å². The second-order valence-corrected chi connectivity index (χ2v) is 8.51. The van der Waals surface area contributed by atoms with Crippen molar-refractivity contribution in [2.45, 2.75) is 36.7 Å². The molecule has 1 aromatic carbocycles. The first-order valence-corrected chi connectivity index (χ1v) is 9.91. The Morgan fingerprint density at radius 3 is 2.92 bits per heavy atom. The number of carbonyl (C=O) groups is 1. The molecule has 3 rings (SSSR count). The third-order valence-corrected chi connectivity index (χ3v) is 6.20. The van der Waals surface area contributed by atoms with E-state index < -0.39 is 0 Å². The van der Waals surface area contributed by atoms with Crippen LogP contribution in [0.5, 0.6) is 0 Å². The quantitative estimate of drug-likeness (QED) is 0.632. The van der Waals surface area contributed by atoms with E-state index in [0.29, 0.717) is 6.54 Å². The predicted octanol–water partition coefficient (Wildman–Crippen LogP) is 2.50. The molecular formula is C17H22N4OS2. The van der Waals surface area contributed by atoms with Crippen molar-refractivity contribution in [2.75, 3.05) is 19.3 Å². The SMILES string of the molecule is Cc1nnc(SCCCNC(=O)[C@@H]2Cc3ccccc3CN2C)s1. The maximum Gasteiger partial charge on any atom is 0.237 e. The Morgan fingerprint density at radius 2 is 2.17 bits per heavy atom. The summed E-state index contributed by atoms with van der Waals surface area (Å²) in [6.07, 6.45) is 1.72. The Morgan fingerprint density at radius 1 is 1.38 bits per heavy atom. The zero-order valence-electron chi connectivity index (χ0n) is 14.0. The van der Waals surface area contributed by atoms with Gasteiger partial charge in [-0.25, -0.2) is 0 Å². The first-order valence-electron chi connectivity index (χ1n) is 8.11. The van der Waals surface area contributed by atoms with Crippen molar-refractivity contribution in [1.82, 2.24) is 20.4 Å². The minimum Gasteiger partial charge on any atom is -0.355 e. The highest BCUT2D eigenvalue weighted by Gasteiger charge is 2.28. The lowest BCUT2D eigenvalue weighted by molar-refractivity contribution is -0.126. The van der Waals surface area contributed by atoms with Crippen LogP contribution in [0.15, 0.2) is 28.6 Å². The van der Waals surface area contributed by atoms with Gasteiger partial charge >= 0.3 is 0 Å². The summed E-state index contributed by atoms with van der Waals surface area (Å²) in [5.41, 5.74) is 2.62. The summed E-state index contributed by atoms with van der Waals surface area (Å²) in [5.74, 6) is 1.07. The Kier molecular flexibility index (Phi) is 5.86. The van der Waals surface area contributed by atoms with Crippen LogP contribution in [0.1, 0.15) is 22.6 Å². The third-order valence-electron chi connectivity index (χ3n) is 4.14. The van der Waals surface area contributed by atoms with Gasteiger partial charge in [0.1, 0.15) is 5.01 Å². The first-order chi connectivity index (χ1) is 11.6. The molecular weight excluding hydrogens is 340 g/mol. The molecule has 0 spiro atoms. The Bertz CT molecular complexity index is 703. The van der Waals surface area contributed by atoms with Crippen LogP contribution < -0.4 is 5.32 Å². The average Bonchev–Trinajstić information content (AvgIpc) is 2.99. The highest BCUT2D eigenvalue weighted by Crippen LogP contribution is 2.23. The average molecular weight is 363 g/mol. The summed E-state index contributed by atoms with van der Waals surface area (Å²) in [4.78, 5) is 14.6. The highest BCUT2D eigenvalue weighted by molar-refractivity contribution is 8.01. The highest BCUT2D eigenvalue weighted by atomic mass is 32.2. The number of fused-ring (bicyclic) bond motifs is 1. The van der Waals surface area contributed by atoms with Gasteiger partial charge in [0.05, 0.1) is 6.04 Å². The van der Waals surface area contributed by atoms with Gasteiger partial charge < -0.3 is 5.32 Å². The third kappa shape index (κ3) is 4.34. The van der Waals surface area contributed by atoms with E-state index in [1.54, 1.807) is 23.1 Å². The molecule has 0 aliphatic carbocycles. The fraction of sp³-hybridized carbons (Fsp3) is 0.471. The lowest BCUT2D eigenvalue weighted by Crippen LogP contribution is -2.48. The number of rotatable bonds is 6. The summed E-state index contributed by atoms with van der Waals surface area (Å²) in [6, 6.07) is 8.31. The molecule has 5 nitrogen and oxygen atoms in total. The van der Waals surface area contributed by atoms with Crippen molar-refractivity contribution in [1.29, 1.82) is 0 Å². The molecule has 1 amide bonds. The number of likely N-dealkylation sites (N-methyl/N-ethyl adjacent to an activating group) is 1. The second kappa shape index (κ2) is 8.09. The molecule has 1 N–H and O–H groups in total. The number of benzene rings is 1. The van der Waals surface area contributed by atoms with Gasteiger partial charge in [0, 0.05) is 18.8 Å². The minimum atomic E-state index is -0.0710. The zero-order chi connectivity index (χ0) is 16.9. The number of aromatic nitrogens is 2. The number of hydrogen-bond acceptors (Lipinski definition) is 6. The molecule has 2 heterocycles. The van der Waals surface area contributed by atoms with Crippen LogP contribution in [-0.2, 0) is 17.8 Å². The molecule has 0 bridgehead atoms. The van der Waals surface area contributed by atoms with Crippen LogP contribution in [0.4, 0.5) is 0 Å². The molecule has 0 saturated heterocycles. The number of aryl methyl sites for hydroxylation is 1. The van der Waals surface area contributed by atoms with Crippen molar-refractivity contribution >= 4 is 29.0 Å². The van der Waals surface area contributed by atoms with Gasteiger partial charge in [0.25, 0.3) is 0 Å². The minimum absolute atomic E-state index is 0.0710. The summed E-state index contributed by atoms with van der Waals surface area (Å²) in [6.45, 7) is 3.50. The van der Waals surface area contributed by atoms with Gasteiger partial charge in [-0.05, 0) is 37.9 Å². The van der Waals surface area contributed by atoms with E-state index in [1.807, 2.05) is 20.0 Å². The molecule has 0 saturated carbocycles. The fourth-order valence-corrected chi connectivity index (χ4v) is 4.67. The zero-order valence-corrected chi connectivity index (χ0v) is 15.6. The normalized spacial score (nSPS) is 17.5. The van der Waals surface area contributed by atoms with Crippen molar-refractivity contribution < 1.29 is 4.79 Å². The van der Waals surface area contributed by atoms with Crippen LogP contribution in [0.2, 0.25) is 0 Å². The molecule has 7 heteroatoms. The molecule has 1 atom stereocenters. The van der Waals surface area contributed by atoms with E-state index in [0.717, 1.165) is 34.5 Å². The number of nitrogens with zero attached hydrogens (tertiary/aromatic N) is 3. The maximum atomic E-state index is 12.5. The van der Waals surface area contributed by atoms with Gasteiger partial charge in [-0.2, -0.15) is 0 Å². The van der Waals surface area contributed by atoms with Gasteiger partial charge in [-0.1, -0.05) is 47.4 Å². The fourth-order valence-electron chi connectivity index (χ4n) is 2.84. The lowest BCUT2D eigenvalue weighted by Gasteiger charge is -2.33. The van der Waals surface area contributed by atoms with Crippen molar-refractivity contribution in [3.63, 3.8) is 0 Å². The molecule has 1 aliphatic heterocycles. The summed E-state index contributed by atoms with van der Waals surface area (Å²) in [5, 5.41) is 12.2. The Hall–Kier alpha value is -1.44. The van der Waals surface area contributed by atoms with Crippen molar-refractivity contribution in [3.05, 3.63) is 40.4 Å². The lowest BCUT2D eigenvalue weighted by atomic mass is 9.94. The smallest absolute Gasteiger partial charge is 0.237 e. The molecule has 0 unspecified atom stereocenters. The van der Waals surface area contributed by atoms with E-state index >= 15 is 0 Å². The van der Waals surface area contributed by atoms with Crippen LogP contribution in [0.3, 0.4) is 0 Å². The van der Waals surface area contributed by atoms with Crippen molar-refractivity contribution in [2.24, 2.45) is 0 Å². The summed E-state index contributed by atoms with van der Waals surface area (Å²) >= 11 is 3.32. The Balaban J connectivity index is 1.42. The molecule has 1 aromatic heterocycles. The standard InChI is InChI=1S/C17H22N4OS2/c1-12-19-20-17(24-12)23-9-5-8-18-16(22)15-10-13-6-3-4-7-14(13)11-21(15)2/h3-4,6-7,15H,5,8-11H2,1-2H3,(H,18,22)/t15-/m0/s1. The van der Waals surface area contributed by atoms with Crippen LogP contribution in [-0.4, -0.2) is 46.4 Å². The monoisotopic (exact) mass is 362 g/mol. The van der Waals surface area contributed by atoms with Gasteiger partial charge in [0.15, 0.2) is 4.34 Å². The van der Waals surface area contributed by atoms with Crippen LogP contribution >= 0.6 is 23.1 Å². The van der Waals surface area contributed by atoms with E-state index in [1.165, 1.54) is 11.1 Å². The summed E-state index contributed by atoms with van der Waals surface area (Å²) in [7, 11) is 2.02. The number of amides is 1. The largest absolute Gasteiger partial charge is 0.355 e. The molecule has 128 valence electrons. The molecule has 24 heavy (non-hydrogen) atoms. The first kappa shape index (κ1) is 17.4. The second-order valence-electron chi connectivity index (χ2n) is 5.98. The predicted molar refractivity (Wildman–Crippen MR) is 98.4 cm³/mol. The topological polar surface area (TPSA) is 58.1 Å². The molecule has 0 fully saturated rings. The number of carbonyl (C=O) groups excluding carboxylic acids is 1. The number of hydrogen-bond donors (Lipinski definition) is 1.